The molecule has 0 aromatic heterocycles. The van der Waals surface area contributed by atoms with Crippen LogP contribution in [0.5, 0.6) is 11.5 Å². The Morgan fingerprint density at radius 3 is 2.15 bits per heavy atom. The summed E-state index contributed by atoms with van der Waals surface area (Å²) < 4.78 is 80.3. The number of alkyl carbamates (subject to hydrolysis) is 1. The Labute approximate surface area is 309 Å². The lowest BCUT2D eigenvalue weighted by molar-refractivity contribution is -0.199. The summed E-state index contributed by atoms with van der Waals surface area (Å²) >= 11 is 0. The number of carbonyl (C=O) groups is 3. The Morgan fingerprint density at radius 2 is 1.57 bits per heavy atom. The molecule has 2 N–H and O–H groups in total. The van der Waals surface area contributed by atoms with E-state index in [2.05, 4.69) is 29.2 Å². The molecule has 3 aliphatic carbocycles. The van der Waals surface area contributed by atoms with E-state index in [0.29, 0.717) is 17.5 Å². The minimum atomic E-state index is -2.00. The number of hydrogen-bond donors (Lipinski definition) is 2. The Morgan fingerprint density at radius 1 is 0.925 bits per heavy atom. The van der Waals surface area contributed by atoms with Crippen molar-refractivity contribution in [1.82, 2.24) is 10.6 Å². The number of halogens is 3. The van der Waals surface area contributed by atoms with Crippen LogP contribution in [0.25, 0.3) is 0 Å². The van der Waals surface area contributed by atoms with Crippen molar-refractivity contribution >= 4 is 25.1 Å². The number of rotatable bonds is 10. The predicted octanol–water partition coefficient (Wildman–Crippen LogP) is 6.64. The van der Waals surface area contributed by atoms with Crippen molar-refractivity contribution in [2.24, 2.45) is 17.3 Å². The Balaban J connectivity index is 1.55. The molecule has 4 fully saturated rings. The van der Waals surface area contributed by atoms with Crippen LogP contribution in [0.2, 0.25) is 0 Å². The quantitative estimate of drug-likeness (QED) is 0.156. The van der Waals surface area contributed by atoms with Crippen LogP contribution in [-0.4, -0.2) is 68.2 Å². The SMILES string of the molecule is COc1c(C[C@H](NC(=O)C(NC(=O)OC(C)(C)C)c2cc(F)c(OC)c(F)c2F)B2O[C@@H]3C[C@@H]4C[C@@H](C4(C)C)[C@]3(C)O2)cccc1C(=O)OC(C)(C)C. The highest BCUT2D eigenvalue weighted by molar-refractivity contribution is 6.48. The van der Waals surface area contributed by atoms with Crippen LogP contribution in [0.3, 0.4) is 0 Å². The normalized spacial score (nSPS) is 24.3. The second-order valence-electron chi connectivity index (χ2n) is 16.8. The van der Waals surface area contributed by atoms with Gasteiger partial charge in [0.15, 0.2) is 17.4 Å². The van der Waals surface area contributed by atoms with E-state index in [0.717, 1.165) is 20.0 Å². The molecule has 0 radical (unpaired) electrons. The summed E-state index contributed by atoms with van der Waals surface area (Å²) in [5.74, 6) is -7.60. The van der Waals surface area contributed by atoms with E-state index >= 15 is 13.2 Å². The Bertz CT molecular complexity index is 1760. The first-order valence-corrected chi connectivity index (χ1v) is 17.7. The molecule has 2 amide bonds. The van der Waals surface area contributed by atoms with Crippen molar-refractivity contribution in [3.05, 3.63) is 58.4 Å². The van der Waals surface area contributed by atoms with Crippen molar-refractivity contribution in [1.29, 1.82) is 0 Å². The topological polar surface area (TPSA) is 131 Å². The van der Waals surface area contributed by atoms with Crippen LogP contribution in [0.1, 0.15) is 103 Å². The van der Waals surface area contributed by atoms with E-state index in [1.54, 1.807) is 59.7 Å². The van der Waals surface area contributed by atoms with E-state index in [1.807, 2.05) is 6.92 Å². The number of para-hydroxylation sites is 1. The zero-order valence-electron chi connectivity index (χ0n) is 32.2. The smallest absolute Gasteiger partial charge is 0.482 e. The molecule has 0 spiro atoms. The van der Waals surface area contributed by atoms with Gasteiger partial charge in [0.25, 0.3) is 0 Å². The summed E-state index contributed by atoms with van der Waals surface area (Å²) in [7, 11) is 1.28. The Hall–Kier alpha value is -3.98. The van der Waals surface area contributed by atoms with Crippen LogP contribution in [0, 0.1) is 34.7 Å². The molecule has 3 saturated carbocycles. The third-order valence-electron chi connectivity index (χ3n) is 10.6. The van der Waals surface area contributed by atoms with Crippen molar-refractivity contribution in [3.63, 3.8) is 0 Å². The van der Waals surface area contributed by atoms with E-state index in [9.17, 15) is 14.4 Å². The number of esters is 1. The third kappa shape index (κ3) is 7.96. The maximum absolute atomic E-state index is 15.6. The molecule has 1 aliphatic heterocycles. The van der Waals surface area contributed by atoms with Crippen LogP contribution < -0.4 is 20.1 Å². The number of methoxy groups -OCH3 is 2. The van der Waals surface area contributed by atoms with Gasteiger partial charge in [-0.3, -0.25) is 4.79 Å². The molecule has 1 heterocycles. The summed E-state index contributed by atoms with van der Waals surface area (Å²) in [6, 6.07) is 3.46. The molecule has 6 atom stereocenters. The highest BCUT2D eigenvalue weighted by Gasteiger charge is 2.68. The molecule has 1 unspecified atom stereocenters. The maximum atomic E-state index is 15.6. The lowest BCUT2D eigenvalue weighted by atomic mass is 9.43. The summed E-state index contributed by atoms with van der Waals surface area (Å²) in [4.78, 5) is 40.6. The highest BCUT2D eigenvalue weighted by atomic mass is 19.2. The van der Waals surface area contributed by atoms with Crippen LogP contribution in [0.15, 0.2) is 24.3 Å². The van der Waals surface area contributed by atoms with Crippen LogP contribution in [0.4, 0.5) is 18.0 Å². The molecule has 2 bridgehead atoms. The van der Waals surface area contributed by atoms with Crippen molar-refractivity contribution < 1.29 is 55.8 Å². The molecule has 2 aromatic carbocycles. The Kier molecular flexibility index (Phi) is 10.9. The largest absolute Gasteiger partial charge is 0.496 e. The first-order valence-electron chi connectivity index (χ1n) is 17.7. The monoisotopic (exact) mass is 746 g/mol. The van der Waals surface area contributed by atoms with Gasteiger partial charge in [0.1, 0.15) is 28.6 Å². The van der Waals surface area contributed by atoms with Gasteiger partial charge in [-0.05, 0) is 103 Å². The average Bonchev–Trinajstić information content (AvgIpc) is 3.40. The van der Waals surface area contributed by atoms with Gasteiger partial charge in [-0.25, -0.2) is 18.4 Å². The summed E-state index contributed by atoms with van der Waals surface area (Å²) in [5.41, 5.74) is -2.77. The number of hydrogen-bond acceptors (Lipinski definition) is 9. The fraction of sp³-hybridized carbons (Fsp3) is 0.605. The fourth-order valence-corrected chi connectivity index (χ4v) is 7.97. The lowest BCUT2D eigenvalue weighted by Crippen LogP contribution is -2.65. The van der Waals surface area contributed by atoms with Gasteiger partial charge >= 0.3 is 19.2 Å². The van der Waals surface area contributed by atoms with Gasteiger partial charge in [-0.15, -0.1) is 0 Å². The standard InChI is InChI=1S/C38H50BF3N2O9/c1-35(2,3)50-33(46)21-14-12-13-19(30(21)48-10)15-26(39-52-25-17-20-16-24(37(20,7)8)38(25,9)53-39)43-32(45)29(44-34(47)51-36(4,5)6)22-18-23(40)31(49-11)28(42)27(22)41/h12-14,18,20,24-26,29H,15-17H2,1-11H3,(H,43,45)(H,44,47)/t20-,24-,25+,26-,29?,38-/m0/s1. The van der Waals surface area contributed by atoms with Crippen molar-refractivity contribution in [3.8, 4) is 11.5 Å². The maximum Gasteiger partial charge on any atom is 0.482 e. The molecule has 53 heavy (non-hydrogen) atoms. The number of benzene rings is 2. The van der Waals surface area contributed by atoms with Gasteiger partial charge in [-0.1, -0.05) is 26.0 Å². The second-order valence-corrected chi connectivity index (χ2v) is 16.8. The van der Waals surface area contributed by atoms with Gasteiger partial charge in [0.05, 0.1) is 31.9 Å². The van der Waals surface area contributed by atoms with Gasteiger partial charge in [-0.2, -0.15) is 4.39 Å². The van der Waals surface area contributed by atoms with E-state index in [-0.39, 0.29) is 35.2 Å². The minimum Gasteiger partial charge on any atom is -0.496 e. The third-order valence-corrected chi connectivity index (χ3v) is 10.6. The number of amides is 2. The summed E-state index contributed by atoms with van der Waals surface area (Å²) in [5, 5.41) is 5.09. The molecular weight excluding hydrogens is 696 g/mol. The predicted molar refractivity (Wildman–Crippen MR) is 189 cm³/mol. The summed E-state index contributed by atoms with van der Waals surface area (Å²) in [6.45, 7) is 16.3. The zero-order chi connectivity index (χ0) is 39.4. The lowest BCUT2D eigenvalue weighted by Gasteiger charge is -2.64. The molecule has 2 aromatic rings. The van der Waals surface area contributed by atoms with Gasteiger partial charge in [0, 0.05) is 5.56 Å². The molecule has 4 aliphatic rings. The zero-order valence-corrected chi connectivity index (χ0v) is 32.2. The molecule has 290 valence electrons. The molecule has 1 saturated heterocycles. The number of carbonyl (C=O) groups excluding carboxylic acids is 3. The van der Waals surface area contributed by atoms with Gasteiger partial charge < -0.3 is 38.9 Å². The summed E-state index contributed by atoms with van der Waals surface area (Å²) in [6.07, 6.45) is 0.174. The molecule has 15 heteroatoms. The number of ether oxygens (including phenoxy) is 4. The minimum absolute atomic E-state index is 0.00428. The second kappa shape index (κ2) is 14.4. The highest BCUT2D eigenvalue weighted by Crippen LogP contribution is 2.65. The van der Waals surface area contributed by atoms with Crippen molar-refractivity contribution in [2.45, 2.75) is 116 Å². The van der Waals surface area contributed by atoms with Crippen LogP contribution in [-0.2, 0) is 30.0 Å². The van der Waals surface area contributed by atoms with Gasteiger partial charge in [0.2, 0.25) is 11.7 Å². The molecule has 11 nitrogen and oxygen atoms in total. The van der Waals surface area contributed by atoms with Crippen molar-refractivity contribution in [2.75, 3.05) is 14.2 Å². The molecule has 6 rings (SSSR count). The first kappa shape index (κ1) is 40.2. The van der Waals surface area contributed by atoms with Crippen LogP contribution >= 0.6 is 0 Å². The van der Waals surface area contributed by atoms with E-state index in [1.165, 1.54) is 7.11 Å². The average molecular weight is 747 g/mol. The van der Waals surface area contributed by atoms with E-state index in [4.69, 9.17) is 23.5 Å². The molecular formula is C38H50BF3N2O9. The first-order chi connectivity index (χ1) is 24.5. The number of nitrogens with one attached hydrogen (secondary N) is 2. The fourth-order valence-electron chi connectivity index (χ4n) is 7.97. The van der Waals surface area contributed by atoms with E-state index < -0.39 is 82.6 Å².